The summed E-state index contributed by atoms with van der Waals surface area (Å²) in [6, 6.07) is 6.45. The number of urea groups is 1. The van der Waals surface area contributed by atoms with Gasteiger partial charge in [0.1, 0.15) is 5.75 Å². The van der Waals surface area contributed by atoms with Crippen molar-refractivity contribution in [2.45, 2.75) is 33.2 Å². The van der Waals surface area contributed by atoms with Gasteiger partial charge in [0.2, 0.25) is 0 Å². The van der Waals surface area contributed by atoms with Crippen molar-refractivity contribution in [3.05, 3.63) is 24.3 Å². The quantitative estimate of drug-likeness (QED) is 0.553. The lowest BCUT2D eigenvalue weighted by molar-refractivity contribution is -0.881. The molecule has 0 aliphatic heterocycles. The molecule has 4 amide bonds. The van der Waals surface area contributed by atoms with E-state index in [1.165, 1.54) is 0 Å². The number of methoxy groups -OCH3 is 1. The zero-order valence-corrected chi connectivity index (χ0v) is 16.1. The molecule has 0 aliphatic carbocycles. The number of rotatable bonds is 7. The molecule has 1 aromatic rings. The summed E-state index contributed by atoms with van der Waals surface area (Å²) < 4.78 is 5.07. The fraction of sp³-hybridized carbons (Fsp3) is 0.500. The lowest BCUT2D eigenvalue weighted by Crippen LogP contribution is -3.14. The summed E-state index contributed by atoms with van der Waals surface area (Å²) >= 11 is 0. The summed E-state index contributed by atoms with van der Waals surface area (Å²) in [6.07, 6.45) is 0. The fourth-order valence-corrected chi connectivity index (χ4v) is 2.19. The van der Waals surface area contributed by atoms with Crippen molar-refractivity contribution in [1.29, 1.82) is 0 Å². The Labute approximate surface area is 154 Å². The second-order valence-corrected chi connectivity index (χ2v) is 6.99. The van der Waals surface area contributed by atoms with Crippen LogP contribution in [-0.4, -0.2) is 50.1 Å². The number of ether oxygens (including phenoxy) is 1. The number of quaternary nitrogens is 1. The molecule has 26 heavy (non-hydrogen) atoms. The van der Waals surface area contributed by atoms with Gasteiger partial charge >= 0.3 is 6.03 Å². The maximum absolute atomic E-state index is 12.2. The van der Waals surface area contributed by atoms with E-state index in [2.05, 4.69) is 16.0 Å². The van der Waals surface area contributed by atoms with Crippen molar-refractivity contribution < 1.29 is 24.0 Å². The largest absolute Gasteiger partial charge is 0.497 e. The highest BCUT2D eigenvalue weighted by Gasteiger charge is 2.20. The minimum absolute atomic E-state index is 0.0318. The highest BCUT2D eigenvalue weighted by molar-refractivity contribution is 5.95. The number of imide groups is 1. The number of carbonyl (C=O) groups is 3. The first-order valence-electron chi connectivity index (χ1n) is 8.52. The van der Waals surface area contributed by atoms with Gasteiger partial charge in [0.15, 0.2) is 13.1 Å². The van der Waals surface area contributed by atoms with Crippen molar-refractivity contribution in [2.24, 2.45) is 0 Å². The summed E-state index contributed by atoms with van der Waals surface area (Å²) in [6.45, 7) is 8.07. The average Bonchev–Trinajstić information content (AvgIpc) is 2.52. The molecule has 144 valence electrons. The van der Waals surface area contributed by atoms with E-state index >= 15 is 0 Å². The molecule has 0 aromatic heterocycles. The molecule has 0 spiro atoms. The van der Waals surface area contributed by atoms with Gasteiger partial charge < -0.3 is 20.3 Å². The molecule has 0 saturated heterocycles. The molecule has 1 rings (SSSR count). The van der Waals surface area contributed by atoms with Crippen LogP contribution in [0, 0.1) is 0 Å². The Morgan fingerprint density at radius 2 is 1.62 bits per heavy atom. The zero-order chi connectivity index (χ0) is 19.7. The van der Waals surface area contributed by atoms with Gasteiger partial charge in [-0.25, -0.2) is 4.79 Å². The van der Waals surface area contributed by atoms with Crippen molar-refractivity contribution in [3.8, 4) is 5.75 Å². The number of carbonyl (C=O) groups excluding carboxylic acids is 3. The number of hydrogen-bond donors (Lipinski definition) is 4. The van der Waals surface area contributed by atoms with E-state index in [4.69, 9.17) is 4.74 Å². The average molecular weight is 365 g/mol. The first-order chi connectivity index (χ1) is 12.1. The summed E-state index contributed by atoms with van der Waals surface area (Å²) in [5.41, 5.74) is 0.222. The third-order valence-electron chi connectivity index (χ3n) is 3.44. The van der Waals surface area contributed by atoms with Gasteiger partial charge in [-0.1, -0.05) is 0 Å². The SMILES string of the molecule is CC[NH+](CC(=O)NC(=O)NC(C)(C)C)CC(=O)Nc1ccc(OC)cc1. The number of benzene rings is 1. The van der Waals surface area contributed by atoms with Crippen LogP contribution in [0.3, 0.4) is 0 Å². The van der Waals surface area contributed by atoms with Crippen molar-refractivity contribution in [1.82, 2.24) is 10.6 Å². The monoisotopic (exact) mass is 365 g/mol. The van der Waals surface area contributed by atoms with E-state index in [9.17, 15) is 14.4 Å². The van der Waals surface area contributed by atoms with E-state index in [1.54, 1.807) is 31.4 Å². The molecule has 0 saturated carbocycles. The van der Waals surface area contributed by atoms with Crippen LogP contribution in [0.15, 0.2) is 24.3 Å². The third-order valence-corrected chi connectivity index (χ3v) is 3.44. The lowest BCUT2D eigenvalue weighted by atomic mass is 10.1. The third kappa shape index (κ3) is 8.48. The Kier molecular flexibility index (Phi) is 8.05. The molecule has 0 fully saturated rings. The number of hydrogen-bond acceptors (Lipinski definition) is 4. The second kappa shape index (κ2) is 9.76. The van der Waals surface area contributed by atoms with Crippen molar-refractivity contribution >= 4 is 23.5 Å². The number of nitrogens with one attached hydrogen (secondary N) is 4. The van der Waals surface area contributed by atoms with Gasteiger partial charge in [0, 0.05) is 11.2 Å². The van der Waals surface area contributed by atoms with Crippen LogP contribution in [0.1, 0.15) is 27.7 Å². The molecule has 0 bridgehead atoms. The van der Waals surface area contributed by atoms with Gasteiger partial charge in [-0.15, -0.1) is 0 Å². The molecule has 8 nitrogen and oxygen atoms in total. The summed E-state index contributed by atoms with van der Waals surface area (Å²) in [4.78, 5) is 36.6. The van der Waals surface area contributed by atoms with Crippen molar-refractivity contribution in [3.63, 3.8) is 0 Å². The fourth-order valence-electron chi connectivity index (χ4n) is 2.19. The first kappa shape index (κ1) is 21.4. The number of likely N-dealkylation sites (N-methyl/N-ethyl adjacent to an activating group) is 1. The Morgan fingerprint density at radius 3 is 2.12 bits per heavy atom. The minimum Gasteiger partial charge on any atom is -0.497 e. The Morgan fingerprint density at radius 1 is 1.04 bits per heavy atom. The van der Waals surface area contributed by atoms with Crippen LogP contribution < -0.4 is 25.6 Å². The normalized spacial score (nSPS) is 12.0. The molecule has 1 aromatic carbocycles. The maximum Gasteiger partial charge on any atom is 0.322 e. The van der Waals surface area contributed by atoms with Gasteiger partial charge in [0.25, 0.3) is 11.8 Å². The lowest BCUT2D eigenvalue weighted by Gasteiger charge is -2.21. The Balaban J connectivity index is 2.48. The Bertz CT molecular complexity index is 623. The Hall–Kier alpha value is -2.61. The van der Waals surface area contributed by atoms with E-state index < -0.39 is 17.5 Å². The maximum atomic E-state index is 12.2. The molecule has 1 unspecified atom stereocenters. The summed E-state index contributed by atoms with van der Waals surface area (Å²) in [5, 5.41) is 7.71. The minimum atomic E-state index is -0.541. The van der Waals surface area contributed by atoms with Crippen LogP contribution in [0.2, 0.25) is 0 Å². The van der Waals surface area contributed by atoms with Crippen LogP contribution in [0.4, 0.5) is 10.5 Å². The molecule has 8 heteroatoms. The number of amides is 4. The highest BCUT2D eigenvalue weighted by Crippen LogP contribution is 2.14. The van der Waals surface area contributed by atoms with Gasteiger partial charge in [-0.2, -0.15) is 0 Å². The topological polar surface area (TPSA) is 101 Å². The van der Waals surface area contributed by atoms with Crippen LogP contribution >= 0.6 is 0 Å². The van der Waals surface area contributed by atoms with E-state index in [-0.39, 0.29) is 19.0 Å². The molecule has 0 aliphatic rings. The molecular weight excluding hydrogens is 336 g/mol. The second-order valence-electron chi connectivity index (χ2n) is 6.99. The van der Waals surface area contributed by atoms with Gasteiger partial charge in [0.05, 0.1) is 13.7 Å². The molecule has 1 atom stereocenters. The predicted molar refractivity (Wildman–Crippen MR) is 99.3 cm³/mol. The summed E-state index contributed by atoms with van der Waals surface area (Å²) in [7, 11) is 1.57. The van der Waals surface area contributed by atoms with Crippen LogP contribution in [0.5, 0.6) is 5.75 Å². The smallest absolute Gasteiger partial charge is 0.322 e. The molecule has 0 radical (unpaired) electrons. The van der Waals surface area contributed by atoms with Gasteiger partial charge in [-0.05, 0) is 52.0 Å². The summed E-state index contributed by atoms with van der Waals surface area (Å²) in [5.74, 6) is 0.0637. The van der Waals surface area contributed by atoms with Crippen LogP contribution in [0.25, 0.3) is 0 Å². The van der Waals surface area contributed by atoms with Gasteiger partial charge in [-0.3, -0.25) is 14.9 Å². The molecule has 4 N–H and O–H groups in total. The number of anilines is 1. The molecular formula is C18H29N4O4+. The standard InChI is InChI=1S/C18H28N4O4/c1-6-22(12-16(24)20-17(25)21-18(2,3)4)11-15(23)19-13-7-9-14(26-5)10-8-13/h7-10H,6,11-12H2,1-5H3,(H,19,23)(H2,20,21,24,25)/p+1. The van der Waals surface area contributed by atoms with E-state index in [1.807, 2.05) is 27.7 Å². The highest BCUT2D eigenvalue weighted by atomic mass is 16.5. The first-order valence-corrected chi connectivity index (χ1v) is 8.52. The van der Waals surface area contributed by atoms with Crippen molar-refractivity contribution in [2.75, 3.05) is 32.1 Å². The molecule has 0 heterocycles. The zero-order valence-electron chi connectivity index (χ0n) is 16.1. The van der Waals surface area contributed by atoms with E-state index in [0.29, 0.717) is 18.0 Å². The van der Waals surface area contributed by atoms with E-state index in [0.717, 1.165) is 4.90 Å². The predicted octanol–water partition coefficient (Wildman–Crippen LogP) is 0.163. The van der Waals surface area contributed by atoms with Crippen LogP contribution in [-0.2, 0) is 9.59 Å².